The molecule has 4 aromatic rings. The Morgan fingerprint density at radius 3 is 2.50 bits per heavy atom. The second-order valence-electron chi connectivity index (χ2n) is 6.82. The van der Waals surface area contributed by atoms with E-state index in [-0.39, 0.29) is 18.6 Å². The van der Waals surface area contributed by atoms with E-state index in [0.717, 1.165) is 22.4 Å². The average Bonchev–Trinajstić information content (AvgIpc) is 3.34. The summed E-state index contributed by atoms with van der Waals surface area (Å²) in [6.45, 7) is 1.87. The van der Waals surface area contributed by atoms with E-state index in [9.17, 15) is 4.79 Å². The van der Waals surface area contributed by atoms with Gasteiger partial charge >= 0.3 is 0 Å². The van der Waals surface area contributed by atoms with Crippen LogP contribution in [0.4, 0.5) is 0 Å². The van der Waals surface area contributed by atoms with Gasteiger partial charge in [-0.2, -0.15) is 0 Å². The van der Waals surface area contributed by atoms with E-state index < -0.39 is 0 Å². The molecule has 30 heavy (non-hydrogen) atoms. The van der Waals surface area contributed by atoms with Crippen LogP contribution in [0.2, 0.25) is 0 Å². The molecule has 7 nitrogen and oxygen atoms in total. The maximum Gasteiger partial charge on any atom is 0.258 e. The number of nitrogens with one attached hydrogen (secondary N) is 1. The van der Waals surface area contributed by atoms with Crippen molar-refractivity contribution in [1.82, 2.24) is 25.5 Å². The van der Waals surface area contributed by atoms with Crippen LogP contribution in [0.25, 0.3) is 16.8 Å². The van der Waals surface area contributed by atoms with Crippen molar-refractivity contribution in [3.05, 3.63) is 90.8 Å². The molecule has 0 saturated carbocycles. The number of hydrogen-bond acceptors (Lipinski definition) is 5. The number of rotatable bonds is 7. The molecule has 3 aromatic carbocycles. The molecule has 7 heteroatoms. The van der Waals surface area contributed by atoms with Crippen molar-refractivity contribution >= 4 is 5.91 Å². The Bertz CT molecular complexity index is 1100. The summed E-state index contributed by atoms with van der Waals surface area (Å²) in [7, 11) is 0. The Labute approximate surface area is 174 Å². The number of benzene rings is 3. The molecule has 150 valence electrons. The van der Waals surface area contributed by atoms with Crippen molar-refractivity contribution in [1.29, 1.82) is 0 Å². The van der Waals surface area contributed by atoms with Crippen molar-refractivity contribution in [2.45, 2.75) is 13.0 Å². The zero-order valence-corrected chi connectivity index (χ0v) is 16.5. The SMILES string of the molecule is C[C@@H](NC(=O)COc1cccc(-n2cnnn2)c1)c1ccc(-c2ccccc2)cc1. The van der Waals surface area contributed by atoms with Crippen LogP contribution in [0.3, 0.4) is 0 Å². The van der Waals surface area contributed by atoms with Crippen LogP contribution < -0.4 is 10.1 Å². The number of ether oxygens (including phenoxy) is 1. The summed E-state index contributed by atoms with van der Waals surface area (Å²) in [6, 6.07) is 25.5. The van der Waals surface area contributed by atoms with E-state index in [1.165, 1.54) is 11.0 Å². The molecule has 4 rings (SSSR count). The van der Waals surface area contributed by atoms with Gasteiger partial charge in [0.25, 0.3) is 5.91 Å². The molecular formula is C23H21N5O2. The molecule has 1 amide bonds. The minimum atomic E-state index is -0.192. The monoisotopic (exact) mass is 399 g/mol. The minimum absolute atomic E-state index is 0.0779. The highest BCUT2D eigenvalue weighted by molar-refractivity contribution is 5.78. The summed E-state index contributed by atoms with van der Waals surface area (Å²) >= 11 is 0. The van der Waals surface area contributed by atoms with Gasteiger partial charge in [-0.25, -0.2) is 4.68 Å². The van der Waals surface area contributed by atoms with Crippen molar-refractivity contribution in [2.75, 3.05) is 6.61 Å². The van der Waals surface area contributed by atoms with Crippen LogP contribution in [0.1, 0.15) is 18.5 Å². The van der Waals surface area contributed by atoms with E-state index in [4.69, 9.17) is 4.74 Å². The third-order valence-corrected chi connectivity index (χ3v) is 4.70. The smallest absolute Gasteiger partial charge is 0.258 e. The lowest BCUT2D eigenvalue weighted by molar-refractivity contribution is -0.123. The first-order chi connectivity index (χ1) is 14.7. The van der Waals surface area contributed by atoms with E-state index in [1.807, 2.05) is 49.4 Å². The molecule has 0 spiro atoms. The zero-order chi connectivity index (χ0) is 20.8. The van der Waals surface area contributed by atoms with Crippen molar-refractivity contribution in [2.24, 2.45) is 0 Å². The zero-order valence-electron chi connectivity index (χ0n) is 16.5. The van der Waals surface area contributed by atoms with Crippen molar-refractivity contribution in [3.8, 4) is 22.6 Å². The van der Waals surface area contributed by atoms with Crippen LogP contribution in [-0.4, -0.2) is 32.7 Å². The lowest BCUT2D eigenvalue weighted by atomic mass is 10.0. The Balaban J connectivity index is 1.32. The summed E-state index contributed by atoms with van der Waals surface area (Å²) < 4.78 is 7.15. The molecule has 0 bridgehead atoms. The number of hydrogen-bond donors (Lipinski definition) is 1. The van der Waals surface area contributed by atoms with Crippen LogP contribution in [0.15, 0.2) is 85.2 Å². The number of aromatic nitrogens is 4. The van der Waals surface area contributed by atoms with Crippen LogP contribution >= 0.6 is 0 Å². The maximum absolute atomic E-state index is 12.3. The summed E-state index contributed by atoms with van der Waals surface area (Å²) in [5.41, 5.74) is 4.09. The third-order valence-electron chi connectivity index (χ3n) is 4.70. The normalized spacial score (nSPS) is 11.6. The summed E-state index contributed by atoms with van der Waals surface area (Å²) in [5.74, 6) is 0.375. The lowest BCUT2D eigenvalue weighted by Gasteiger charge is -2.15. The highest BCUT2D eigenvalue weighted by Crippen LogP contribution is 2.22. The highest BCUT2D eigenvalue weighted by Gasteiger charge is 2.11. The fourth-order valence-electron chi connectivity index (χ4n) is 3.11. The molecule has 0 unspecified atom stereocenters. The van der Waals surface area contributed by atoms with Gasteiger partial charge < -0.3 is 10.1 Å². The third kappa shape index (κ3) is 4.70. The van der Waals surface area contributed by atoms with Gasteiger partial charge in [0, 0.05) is 6.07 Å². The molecular weight excluding hydrogens is 378 g/mol. The van der Waals surface area contributed by atoms with Crippen LogP contribution in [0, 0.1) is 0 Å². The predicted molar refractivity (Wildman–Crippen MR) is 113 cm³/mol. The largest absolute Gasteiger partial charge is 0.484 e. The number of tetrazole rings is 1. The number of carbonyl (C=O) groups excluding carboxylic acids is 1. The fourth-order valence-corrected chi connectivity index (χ4v) is 3.11. The van der Waals surface area contributed by atoms with Gasteiger partial charge in [-0.05, 0) is 46.2 Å². The highest BCUT2D eigenvalue weighted by atomic mass is 16.5. The molecule has 1 atom stereocenters. The summed E-state index contributed by atoms with van der Waals surface area (Å²) in [5, 5.41) is 14.0. The molecule has 1 N–H and O–H groups in total. The van der Waals surface area contributed by atoms with Crippen molar-refractivity contribution in [3.63, 3.8) is 0 Å². The quantitative estimate of drug-likeness (QED) is 0.514. The second kappa shape index (κ2) is 9.00. The first-order valence-electron chi connectivity index (χ1n) is 9.60. The molecule has 0 radical (unpaired) electrons. The van der Waals surface area contributed by atoms with Gasteiger partial charge in [-0.3, -0.25) is 4.79 Å². The van der Waals surface area contributed by atoms with Gasteiger partial charge in [0.2, 0.25) is 0 Å². The number of nitrogens with zero attached hydrogens (tertiary/aromatic N) is 4. The minimum Gasteiger partial charge on any atom is -0.484 e. The molecule has 1 heterocycles. The fraction of sp³-hybridized carbons (Fsp3) is 0.130. The van der Waals surface area contributed by atoms with E-state index in [2.05, 4.69) is 45.1 Å². The maximum atomic E-state index is 12.3. The molecule has 0 aliphatic rings. The first-order valence-corrected chi connectivity index (χ1v) is 9.60. The topological polar surface area (TPSA) is 81.9 Å². The predicted octanol–water partition coefficient (Wildman–Crippen LogP) is 3.59. The summed E-state index contributed by atoms with van der Waals surface area (Å²) in [6.07, 6.45) is 1.50. The van der Waals surface area contributed by atoms with E-state index in [1.54, 1.807) is 12.1 Å². The molecule has 0 fully saturated rings. The van der Waals surface area contributed by atoms with Gasteiger partial charge in [0.1, 0.15) is 12.1 Å². The Morgan fingerprint density at radius 1 is 1.00 bits per heavy atom. The molecule has 1 aromatic heterocycles. The second-order valence-corrected chi connectivity index (χ2v) is 6.82. The Morgan fingerprint density at radius 2 is 1.77 bits per heavy atom. The van der Waals surface area contributed by atoms with E-state index >= 15 is 0 Å². The van der Waals surface area contributed by atoms with Crippen LogP contribution in [-0.2, 0) is 4.79 Å². The first kappa shape index (κ1) is 19.3. The summed E-state index contributed by atoms with van der Waals surface area (Å²) in [4.78, 5) is 12.3. The molecule has 0 aliphatic carbocycles. The number of carbonyl (C=O) groups is 1. The van der Waals surface area contributed by atoms with Crippen LogP contribution in [0.5, 0.6) is 5.75 Å². The number of amides is 1. The van der Waals surface area contributed by atoms with Gasteiger partial charge in [0.15, 0.2) is 6.61 Å². The lowest BCUT2D eigenvalue weighted by Crippen LogP contribution is -2.31. The van der Waals surface area contributed by atoms with Gasteiger partial charge in [0.05, 0.1) is 11.7 Å². The average molecular weight is 399 g/mol. The molecule has 0 saturated heterocycles. The van der Waals surface area contributed by atoms with Gasteiger partial charge in [-0.15, -0.1) is 5.10 Å². The molecule has 0 aliphatic heterocycles. The van der Waals surface area contributed by atoms with E-state index in [0.29, 0.717) is 5.75 Å². The standard InChI is InChI=1S/C23H21N5O2/c1-17(18-10-12-20(13-11-18)19-6-3-2-4-7-19)25-23(29)15-30-22-9-5-8-21(14-22)28-16-24-26-27-28/h2-14,16-17H,15H2,1H3,(H,25,29)/t17-/m1/s1. The Kier molecular flexibility index (Phi) is 5.80. The van der Waals surface area contributed by atoms with Gasteiger partial charge in [-0.1, -0.05) is 60.7 Å². The Hall–Kier alpha value is -4.00. The van der Waals surface area contributed by atoms with Crippen molar-refractivity contribution < 1.29 is 9.53 Å².